The van der Waals surface area contributed by atoms with Crippen LogP contribution in [0.3, 0.4) is 0 Å². The van der Waals surface area contributed by atoms with Gasteiger partial charge in [-0.1, -0.05) is 146 Å². The fourth-order valence-corrected chi connectivity index (χ4v) is 15.1. The SMILES string of the molecule is CCCCCCC1(CCCCCC)Oc2cc(C=O)sc2-c2sc(-c3ccc(N(C)CCO[Si](c4ccccc4)(c4ccccc4)C(C)(C)C)cc3)cc21. The number of fused-ring (bicyclic) bond motifs is 3. The Morgan fingerprint density at radius 3 is 1.89 bits per heavy atom. The van der Waals surface area contributed by atoms with Crippen molar-refractivity contribution >= 4 is 53.3 Å². The first-order valence-corrected chi connectivity index (χ1v) is 23.7. The third-order valence-electron chi connectivity index (χ3n) is 11.2. The van der Waals surface area contributed by atoms with E-state index in [1.807, 2.05) is 17.4 Å². The Morgan fingerprint density at radius 1 is 0.759 bits per heavy atom. The molecule has 7 heteroatoms. The third kappa shape index (κ3) is 8.50. The molecule has 0 spiro atoms. The van der Waals surface area contributed by atoms with E-state index in [-0.39, 0.29) is 10.6 Å². The van der Waals surface area contributed by atoms with Gasteiger partial charge in [0.15, 0.2) is 6.29 Å². The van der Waals surface area contributed by atoms with Crippen molar-refractivity contribution in [3.05, 3.63) is 108 Å². The maximum atomic E-state index is 11.9. The van der Waals surface area contributed by atoms with Gasteiger partial charge in [-0.3, -0.25) is 4.79 Å². The number of benzene rings is 3. The summed E-state index contributed by atoms with van der Waals surface area (Å²) in [6, 6.07) is 35.2. The number of carbonyl (C=O) groups excluding carboxylic acids is 1. The molecule has 6 rings (SSSR count). The van der Waals surface area contributed by atoms with Crippen LogP contribution in [-0.4, -0.2) is 34.8 Å². The number of hydrogen-bond acceptors (Lipinski definition) is 6. The van der Waals surface area contributed by atoms with Crippen molar-refractivity contribution in [2.75, 3.05) is 25.1 Å². The van der Waals surface area contributed by atoms with E-state index in [9.17, 15) is 4.79 Å². The van der Waals surface area contributed by atoms with Gasteiger partial charge in [-0.2, -0.15) is 0 Å². The van der Waals surface area contributed by atoms with Crippen LogP contribution in [0.5, 0.6) is 5.75 Å². The van der Waals surface area contributed by atoms with Crippen molar-refractivity contribution in [3.63, 3.8) is 0 Å². The molecule has 0 aliphatic carbocycles. The van der Waals surface area contributed by atoms with Crippen LogP contribution in [0.4, 0.5) is 5.69 Å². The molecule has 3 heterocycles. The minimum Gasteiger partial charge on any atom is -0.481 e. The highest BCUT2D eigenvalue weighted by atomic mass is 32.1. The number of ether oxygens (including phenoxy) is 1. The summed E-state index contributed by atoms with van der Waals surface area (Å²) in [5.41, 5.74) is 3.36. The normalized spacial score (nSPS) is 13.6. The molecule has 0 saturated carbocycles. The van der Waals surface area contributed by atoms with E-state index < -0.39 is 8.32 Å². The van der Waals surface area contributed by atoms with Gasteiger partial charge in [-0.25, -0.2) is 0 Å². The highest BCUT2D eigenvalue weighted by Crippen LogP contribution is 2.56. The monoisotopic (exact) mass is 777 g/mol. The van der Waals surface area contributed by atoms with Crippen molar-refractivity contribution in [1.29, 1.82) is 0 Å². The molecular weight excluding hydrogens is 719 g/mol. The van der Waals surface area contributed by atoms with Gasteiger partial charge in [-0.05, 0) is 64.9 Å². The Labute approximate surface area is 333 Å². The first-order valence-electron chi connectivity index (χ1n) is 20.1. The molecule has 0 saturated heterocycles. The molecule has 0 N–H and O–H groups in total. The average Bonchev–Trinajstić information content (AvgIpc) is 3.82. The van der Waals surface area contributed by atoms with Crippen LogP contribution in [0.25, 0.3) is 20.2 Å². The predicted octanol–water partition coefficient (Wildman–Crippen LogP) is 12.5. The third-order valence-corrected chi connectivity index (χ3v) is 18.6. The van der Waals surface area contributed by atoms with Crippen molar-refractivity contribution in [1.82, 2.24) is 0 Å². The zero-order chi connectivity index (χ0) is 38.2. The van der Waals surface area contributed by atoms with Gasteiger partial charge in [0.25, 0.3) is 8.32 Å². The van der Waals surface area contributed by atoms with E-state index in [4.69, 9.17) is 9.16 Å². The number of rotatable bonds is 19. The standard InChI is InChI=1S/C47H59NO3S2Si/c1-7-9-11-19-29-47(30-20-12-10-8-2)41-34-43(53-44(41)45-42(51-47)33-38(35-49)52-45)36-25-27-37(28-26-36)48(6)31-32-50-54(46(3,4)5,39-21-15-13-16-22-39)40-23-17-14-18-24-40/h13-18,21-28,33-35H,7-12,19-20,29-32H2,1-6H3. The van der Waals surface area contributed by atoms with E-state index in [1.165, 1.54) is 75.5 Å². The fraction of sp³-hybridized carbons (Fsp3) is 0.426. The van der Waals surface area contributed by atoms with E-state index in [0.29, 0.717) is 6.61 Å². The van der Waals surface area contributed by atoms with Crippen molar-refractivity contribution in [2.45, 2.75) is 109 Å². The zero-order valence-electron chi connectivity index (χ0n) is 33.3. The summed E-state index contributed by atoms with van der Waals surface area (Å²) in [4.78, 5) is 18.6. The highest BCUT2D eigenvalue weighted by Gasteiger charge is 2.50. The van der Waals surface area contributed by atoms with E-state index >= 15 is 0 Å². The number of anilines is 1. The van der Waals surface area contributed by atoms with E-state index in [2.05, 4.69) is 138 Å². The van der Waals surface area contributed by atoms with Gasteiger partial charge in [-0.15, -0.1) is 22.7 Å². The molecule has 4 nitrogen and oxygen atoms in total. The van der Waals surface area contributed by atoms with Gasteiger partial charge in [0, 0.05) is 35.8 Å². The van der Waals surface area contributed by atoms with Crippen LogP contribution in [-0.2, 0) is 10.0 Å². The molecule has 0 unspecified atom stereocenters. The molecule has 54 heavy (non-hydrogen) atoms. The molecule has 3 aromatic carbocycles. The average molecular weight is 778 g/mol. The molecule has 1 aliphatic heterocycles. The van der Waals surface area contributed by atoms with Gasteiger partial charge in [0.05, 0.1) is 21.2 Å². The predicted molar refractivity (Wildman–Crippen MR) is 235 cm³/mol. The molecular formula is C47H59NO3S2Si. The van der Waals surface area contributed by atoms with Gasteiger partial charge in [0.1, 0.15) is 11.4 Å². The summed E-state index contributed by atoms with van der Waals surface area (Å²) in [6.07, 6.45) is 12.6. The molecule has 1 aliphatic rings. The van der Waals surface area contributed by atoms with Crippen LogP contribution in [0.15, 0.2) is 97.1 Å². The molecule has 0 bridgehead atoms. The van der Waals surface area contributed by atoms with Crippen LogP contribution >= 0.6 is 22.7 Å². The van der Waals surface area contributed by atoms with E-state index in [1.54, 1.807) is 11.3 Å². The largest absolute Gasteiger partial charge is 0.481 e. The number of likely N-dealkylation sites (N-methyl/N-ethyl adjacent to an activating group) is 1. The number of thiophene rings is 2. The molecule has 0 fully saturated rings. The van der Waals surface area contributed by atoms with Crippen LogP contribution in [0.1, 0.15) is 114 Å². The Bertz CT molecular complexity index is 1880. The first-order chi connectivity index (χ1) is 26.2. The summed E-state index contributed by atoms with van der Waals surface area (Å²) < 4.78 is 14.3. The molecule has 0 atom stereocenters. The lowest BCUT2D eigenvalue weighted by Gasteiger charge is -2.43. The maximum absolute atomic E-state index is 11.9. The summed E-state index contributed by atoms with van der Waals surface area (Å²) in [5.74, 6) is 0.895. The lowest BCUT2D eigenvalue weighted by Crippen LogP contribution is -2.67. The second-order valence-corrected chi connectivity index (χ2v) is 22.5. The summed E-state index contributed by atoms with van der Waals surface area (Å²) >= 11 is 3.43. The topological polar surface area (TPSA) is 38.8 Å². The summed E-state index contributed by atoms with van der Waals surface area (Å²) in [5, 5.41) is 2.56. The Kier molecular flexibility index (Phi) is 13.4. The van der Waals surface area contributed by atoms with Crippen molar-refractivity contribution in [3.8, 4) is 25.9 Å². The molecule has 286 valence electrons. The summed E-state index contributed by atoms with van der Waals surface area (Å²) in [6.45, 7) is 13.0. The van der Waals surface area contributed by atoms with Crippen molar-refractivity contribution in [2.24, 2.45) is 0 Å². The highest BCUT2D eigenvalue weighted by molar-refractivity contribution is 7.25. The van der Waals surface area contributed by atoms with E-state index in [0.717, 1.165) is 54.0 Å². The molecule has 0 amide bonds. The number of hydrogen-bond donors (Lipinski definition) is 0. The van der Waals surface area contributed by atoms with Gasteiger partial charge >= 0.3 is 0 Å². The van der Waals surface area contributed by atoms with Crippen LogP contribution in [0, 0.1) is 0 Å². The van der Waals surface area contributed by atoms with Crippen LogP contribution in [0.2, 0.25) is 5.04 Å². The minimum atomic E-state index is -2.59. The Balaban J connectivity index is 1.24. The number of nitrogens with zero attached hydrogens (tertiary/aromatic N) is 1. The second kappa shape index (κ2) is 18.0. The lowest BCUT2D eigenvalue weighted by atomic mass is 9.81. The fourth-order valence-electron chi connectivity index (χ4n) is 8.27. The molecule has 2 aromatic heterocycles. The Morgan fingerprint density at radius 2 is 1.35 bits per heavy atom. The number of carbonyl (C=O) groups is 1. The maximum Gasteiger partial charge on any atom is 0.261 e. The first kappa shape index (κ1) is 40.2. The minimum absolute atomic E-state index is 0.0534. The van der Waals surface area contributed by atoms with Gasteiger partial charge in [0.2, 0.25) is 0 Å². The van der Waals surface area contributed by atoms with Crippen LogP contribution < -0.4 is 20.0 Å². The van der Waals surface area contributed by atoms with Crippen molar-refractivity contribution < 1.29 is 14.0 Å². The van der Waals surface area contributed by atoms with Gasteiger partial charge < -0.3 is 14.1 Å². The molecule has 5 aromatic rings. The number of aldehydes is 1. The Hall–Kier alpha value is -3.49. The second-order valence-electron chi connectivity index (χ2n) is 16.0. The summed E-state index contributed by atoms with van der Waals surface area (Å²) in [7, 11) is -0.428. The molecule has 0 radical (unpaired) electrons. The zero-order valence-corrected chi connectivity index (χ0v) is 35.9. The quantitative estimate of drug-likeness (QED) is 0.0475. The smallest absolute Gasteiger partial charge is 0.261 e. The number of unbranched alkanes of at least 4 members (excludes halogenated alkanes) is 6. The lowest BCUT2D eigenvalue weighted by molar-refractivity contribution is 0.0398.